The standard InChI is InChI=1S/C18H30N2O2/c1-4-5-13-11-20-7-6-12-8-17(21-2)18(22-3)9-14(12)16(20)10-15(13)19/h8-9,13,15-18H,4-7,10-11,19H2,1-3H3. The predicted octanol–water partition coefficient (Wildman–Crippen LogP) is 2.10. The monoisotopic (exact) mass is 306 g/mol. The summed E-state index contributed by atoms with van der Waals surface area (Å²) in [7, 11) is 3.52. The molecular weight excluding hydrogens is 276 g/mol. The fourth-order valence-electron chi connectivity index (χ4n) is 4.40. The van der Waals surface area contributed by atoms with Gasteiger partial charge >= 0.3 is 0 Å². The van der Waals surface area contributed by atoms with Crippen molar-refractivity contribution in [1.82, 2.24) is 4.90 Å². The molecule has 0 aromatic heterocycles. The summed E-state index contributed by atoms with van der Waals surface area (Å²) in [5, 5.41) is 0. The first-order chi connectivity index (χ1) is 10.7. The van der Waals surface area contributed by atoms with E-state index < -0.39 is 0 Å². The zero-order valence-corrected chi connectivity index (χ0v) is 14.1. The Bertz CT molecular complexity index is 460. The molecule has 3 rings (SSSR count). The van der Waals surface area contributed by atoms with Gasteiger partial charge in [-0.2, -0.15) is 0 Å². The Hall–Kier alpha value is -0.680. The minimum absolute atomic E-state index is 0.0216. The number of hydrogen-bond acceptors (Lipinski definition) is 4. The molecule has 0 spiro atoms. The Morgan fingerprint density at radius 3 is 2.64 bits per heavy atom. The fraction of sp³-hybridized carbons (Fsp3) is 0.778. The minimum Gasteiger partial charge on any atom is -0.374 e. The molecule has 2 fully saturated rings. The molecule has 22 heavy (non-hydrogen) atoms. The lowest BCUT2D eigenvalue weighted by Gasteiger charge is -2.48. The second kappa shape index (κ2) is 6.83. The topological polar surface area (TPSA) is 47.7 Å². The van der Waals surface area contributed by atoms with Crippen LogP contribution in [0.25, 0.3) is 0 Å². The second-order valence-electron chi connectivity index (χ2n) is 6.92. The molecule has 5 unspecified atom stereocenters. The van der Waals surface area contributed by atoms with Crippen LogP contribution in [0.2, 0.25) is 0 Å². The maximum Gasteiger partial charge on any atom is 0.106 e. The molecule has 4 heteroatoms. The summed E-state index contributed by atoms with van der Waals surface area (Å²) in [5.41, 5.74) is 9.37. The number of hydrogen-bond donors (Lipinski definition) is 1. The molecule has 5 atom stereocenters. The highest BCUT2D eigenvalue weighted by molar-refractivity contribution is 5.43. The molecule has 2 N–H and O–H groups in total. The normalized spacial score (nSPS) is 38.8. The van der Waals surface area contributed by atoms with Gasteiger partial charge in [-0.3, -0.25) is 4.90 Å². The zero-order valence-electron chi connectivity index (χ0n) is 14.1. The Balaban J connectivity index is 1.81. The van der Waals surface area contributed by atoms with Crippen LogP contribution in [0.1, 0.15) is 32.6 Å². The van der Waals surface area contributed by atoms with E-state index in [1.165, 1.54) is 24.0 Å². The molecule has 0 amide bonds. The van der Waals surface area contributed by atoms with Gasteiger partial charge < -0.3 is 15.2 Å². The van der Waals surface area contributed by atoms with Crippen LogP contribution in [-0.2, 0) is 9.47 Å². The van der Waals surface area contributed by atoms with E-state index in [4.69, 9.17) is 15.2 Å². The maximum absolute atomic E-state index is 6.49. The molecule has 0 aromatic carbocycles. The lowest BCUT2D eigenvalue weighted by Crippen LogP contribution is -2.56. The Labute approximate surface area is 134 Å². The molecule has 1 aliphatic carbocycles. The Morgan fingerprint density at radius 1 is 1.23 bits per heavy atom. The van der Waals surface area contributed by atoms with E-state index in [1.54, 1.807) is 14.2 Å². The number of nitrogens with zero attached hydrogens (tertiary/aromatic N) is 1. The first kappa shape index (κ1) is 16.2. The molecule has 2 aliphatic heterocycles. The van der Waals surface area contributed by atoms with Gasteiger partial charge in [0.1, 0.15) is 12.2 Å². The van der Waals surface area contributed by atoms with Crippen LogP contribution in [0, 0.1) is 5.92 Å². The summed E-state index contributed by atoms with van der Waals surface area (Å²) in [6.07, 6.45) is 9.28. The zero-order chi connectivity index (χ0) is 15.7. The number of fused-ring (bicyclic) bond motifs is 3. The van der Waals surface area contributed by atoms with Crippen molar-refractivity contribution in [3.63, 3.8) is 0 Å². The third-order valence-corrected chi connectivity index (χ3v) is 5.65. The summed E-state index contributed by atoms with van der Waals surface area (Å²) in [5.74, 6) is 0.654. The second-order valence-corrected chi connectivity index (χ2v) is 6.92. The van der Waals surface area contributed by atoms with Crippen molar-refractivity contribution in [3.8, 4) is 0 Å². The van der Waals surface area contributed by atoms with E-state index in [9.17, 15) is 0 Å². The average molecular weight is 306 g/mol. The van der Waals surface area contributed by atoms with E-state index in [0.29, 0.717) is 18.0 Å². The SMILES string of the molecule is CCCC1CN2CCC3=CC(OC)C(OC)C=C3C2CC1N. The van der Waals surface area contributed by atoms with Crippen LogP contribution in [0.3, 0.4) is 0 Å². The molecule has 3 aliphatic rings. The van der Waals surface area contributed by atoms with Crippen molar-refractivity contribution < 1.29 is 9.47 Å². The smallest absolute Gasteiger partial charge is 0.106 e. The van der Waals surface area contributed by atoms with Gasteiger partial charge in [-0.05, 0) is 48.5 Å². The van der Waals surface area contributed by atoms with Gasteiger partial charge in [-0.15, -0.1) is 0 Å². The third kappa shape index (κ3) is 2.90. The quantitative estimate of drug-likeness (QED) is 0.864. The number of methoxy groups -OCH3 is 2. The molecular formula is C18H30N2O2. The molecule has 2 heterocycles. The van der Waals surface area contributed by atoms with Crippen molar-refractivity contribution >= 4 is 0 Å². The summed E-state index contributed by atoms with van der Waals surface area (Å²) in [6, 6.07) is 0.793. The largest absolute Gasteiger partial charge is 0.374 e. The summed E-state index contributed by atoms with van der Waals surface area (Å²) < 4.78 is 11.2. The molecule has 4 nitrogen and oxygen atoms in total. The lowest BCUT2D eigenvalue weighted by molar-refractivity contribution is 0.00983. The van der Waals surface area contributed by atoms with Crippen molar-refractivity contribution in [1.29, 1.82) is 0 Å². The number of nitrogens with two attached hydrogens (primary N) is 1. The predicted molar refractivity (Wildman–Crippen MR) is 88.7 cm³/mol. The summed E-state index contributed by atoms with van der Waals surface area (Å²) in [4.78, 5) is 2.65. The van der Waals surface area contributed by atoms with Gasteiger partial charge in [0.15, 0.2) is 0 Å². The van der Waals surface area contributed by atoms with Crippen molar-refractivity contribution in [3.05, 3.63) is 23.3 Å². The van der Waals surface area contributed by atoms with Crippen LogP contribution in [0.15, 0.2) is 23.3 Å². The molecule has 0 aromatic rings. The lowest BCUT2D eigenvalue weighted by atomic mass is 9.76. The van der Waals surface area contributed by atoms with E-state index in [1.807, 2.05) is 0 Å². The van der Waals surface area contributed by atoms with Gasteiger partial charge in [0.25, 0.3) is 0 Å². The average Bonchev–Trinajstić information content (AvgIpc) is 2.54. The first-order valence-electron chi connectivity index (χ1n) is 8.65. The van der Waals surface area contributed by atoms with Gasteiger partial charge in [0, 0.05) is 39.4 Å². The summed E-state index contributed by atoms with van der Waals surface area (Å²) in [6.45, 7) is 4.55. The van der Waals surface area contributed by atoms with Crippen molar-refractivity contribution in [2.24, 2.45) is 11.7 Å². The Kier molecular flexibility index (Phi) is 5.03. The van der Waals surface area contributed by atoms with E-state index in [0.717, 1.165) is 25.9 Å². The highest BCUT2D eigenvalue weighted by Gasteiger charge is 2.40. The number of rotatable bonds is 4. The van der Waals surface area contributed by atoms with Crippen LogP contribution in [-0.4, -0.2) is 56.5 Å². The first-order valence-corrected chi connectivity index (χ1v) is 8.65. The fourth-order valence-corrected chi connectivity index (χ4v) is 4.40. The van der Waals surface area contributed by atoms with Crippen molar-refractivity contribution in [2.75, 3.05) is 27.3 Å². The summed E-state index contributed by atoms with van der Waals surface area (Å²) >= 11 is 0. The van der Waals surface area contributed by atoms with E-state index >= 15 is 0 Å². The molecule has 0 saturated carbocycles. The Morgan fingerprint density at radius 2 is 1.95 bits per heavy atom. The number of ether oxygens (including phenoxy) is 2. The molecule has 0 radical (unpaired) electrons. The minimum atomic E-state index is 0.0216. The highest BCUT2D eigenvalue weighted by Crippen LogP contribution is 2.39. The highest BCUT2D eigenvalue weighted by atomic mass is 16.5. The van der Waals surface area contributed by atoms with Crippen LogP contribution in [0.4, 0.5) is 0 Å². The van der Waals surface area contributed by atoms with Gasteiger partial charge in [0.2, 0.25) is 0 Å². The van der Waals surface area contributed by atoms with E-state index in [-0.39, 0.29) is 12.2 Å². The third-order valence-electron chi connectivity index (χ3n) is 5.65. The molecule has 124 valence electrons. The van der Waals surface area contributed by atoms with Gasteiger partial charge in [-0.25, -0.2) is 0 Å². The maximum atomic E-state index is 6.49. The molecule has 2 saturated heterocycles. The molecule has 0 bridgehead atoms. The van der Waals surface area contributed by atoms with Crippen LogP contribution in [0.5, 0.6) is 0 Å². The number of piperidine rings is 2. The van der Waals surface area contributed by atoms with Gasteiger partial charge in [0.05, 0.1) is 0 Å². The van der Waals surface area contributed by atoms with Gasteiger partial charge in [-0.1, -0.05) is 13.3 Å². The van der Waals surface area contributed by atoms with E-state index in [2.05, 4.69) is 24.0 Å². The van der Waals surface area contributed by atoms with Crippen molar-refractivity contribution in [2.45, 2.75) is 56.9 Å². The van der Waals surface area contributed by atoms with Crippen LogP contribution >= 0.6 is 0 Å². The van der Waals surface area contributed by atoms with Crippen LogP contribution < -0.4 is 5.73 Å².